The molecule has 2 fully saturated rings. The zero-order valence-corrected chi connectivity index (χ0v) is 21.8. The molecule has 1 aromatic rings. The minimum atomic E-state index is -3.51. The first kappa shape index (κ1) is 26.9. The molecule has 2 heterocycles. The summed E-state index contributed by atoms with van der Waals surface area (Å²) in [5.41, 5.74) is 3.35. The van der Waals surface area contributed by atoms with Gasteiger partial charge in [-0.2, -0.15) is 9.41 Å². The van der Waals surface area contributed by atoms with Gasteiger partial charge in [0.25, 0.3) is 0 Å². The highest BCUT2D eigenvalue weighted by atomic mass is 32.2. The summed E-state index contributed by atoms with van der Waals surface area (Å²) in [4.78, 5) is 28.8. The molecular formula is C24H37N5O5S. The fraction of sp³-hybridized carbons (Fsp3) is 0.625. The lowest BCUT2D eigenvalue weighted by Crippen LogP contribution is -2.47. The van der Waals surface area contributed by atoms with Gasteiger partial charge in [-0.25, -0.2) is 13.8 Å². The largest absolute Gasteiger partial charge is 0.508 e. The molecule has 1 aromatic carbocycles. The van der Waals surface area contributed by atoms with E-state index in [1.807, 2.05) is 18.7 Å². The number of amidine groups is 1. The molecule has 0 spiro atoms. The minimum Gasteiger partial charge on any atom is -0.508 e. The molecule has 2 N–H and O–H groups in total. The van der Waals surface area contributed by atoms with Crippen LogP contribution in [0.5, 0.6) is 5.75 Å². The van der Waals surface area contributed by atoms with Gasteiger partial charge in [-0.15, -0.1) is 0 Å². The van der Waals surface area contributed by atoms with Crippen LogP contribution in [0.25, 0.3) is 0 Å². The lowest BCUT2D eigenvalue weighted by atomic mass is 9.95. The van der Waals surface area contributed by atoms with Crippen LogP contribution in [-0.4, -0.2) is 84.3 Å². The van der Waals surface area contributed by atoms with E-state index in [1.165, 1.54) is 10.6 Å². The zero-order valence-electron chi connectivity index (χ0n) is 21.0. The zero-order chi connectivity index (χ0) is 25.8. The Labute approximate surface area is 208 Å². The van der Waals surface area contributed by atoms with Crippen LogP contribution < -0.4 is 5.43 Å². The van der Waals surface area contributed by atoms with Crippen LogP contribution in [0.1, 0.15) is 51.6 Å². The average molecular weight is 508 g/mol. The van der Waals surface area contributed by atoms with E-state index in [0.717, 1.165) is 5.56 Å². The summed E-state index contributed by atoms with van der Waals surface area (Å²) in [6.07, 6.45) is 2.79. The van der Waals surface area contributed by atoms with E-state index >= 15 is 0 Å². The maximum absolute atomic E-state index is 13.5. The van der Waals surface area contributed by atoms with Gasteiger partial charge in [0, 0.05) is 45.2 Å². The third-order valence-electron chi connectivity index (χ3n) is 6.91. The second kappa shape index (κ2) is 11.4. The van der Waals surface area contributed by atoms with E-state index in [4.69, 9.17) is 0 Å². The summed E-state index contributed by atoms with van der Waals surface area (Å²) < 4.78 is 26.8. The number of carbonyl (C=O) groups is 2. The van der Waals surface area contributed by atoms with Crippen molar-refractivity contribution in [2.75, 3.05) is 39.0 Å². The number of phenols is 1. The highest BCUT2D eigenvalue weighted by molar-refractivity contribution is 7.88. The van der Waals surface area contributed by atoms with E-state index in [0.29, 0.717) is 51.3 Å². The number of rotatable bonds is 5. The van der Waals surface area contributed by atoms with E-state index in [9.17, 15) is 23.1 Å². The summed E-state index contributed by atoms with van der Waals surface area (Å²) in [5, 5.41) is 13.8. The third-order valence-corrected chi connectivity index (χ3v) is 8.20. The average Bonchev–Trinajstić information content (AvgIpc) is 3.18. The smallest absolute Gasteiger partial charge is 0.239 e. The van der Waals surface area contributed by atoms with Crippen LogP contribution in [-0.2, 0) is 19.6 Å². The van der Waals surface area contributed by atoms with Gasteiger partial charge in [0.2, 0.25) is 21.8 Å². The first-order valence-corrected chi connectivity index (χ1v) is 14.0. The molecule has 0 aliphatic carbocycles. The van der Waals surface area contributed by atoms with Crippen molar-refractivity contribution in [1.82, 2.24) is 19.5 Å². The number of nitrogens with one attached hydrogen (secondary N) is 1. The molecule has 0 bridgehead atoms. The summed E-state index contributed by atoms with van der Waals surface area (Å²) >= 11 is 0. The van der Waals surface area contributed by atoms with Gasteiger partial charge in [-0.3, -0.25) is 9.59 Å². The first-order chi connectivity index (χ1) is 16.5. The monoisotopic (exact) mass is 507 g/mol. The van der Waals surface area contributed by atoms with E-state index in [2.05, 4.69) is 10.5 Å². The number of carbonyl (C=O) groups excluding carboxylic acids is 2. The van der Waals surface area contributed by atoms with Gasteiger partial charge in [0.15, 0.2) is 0 Å². The molecule has 3 rings (SSSR count). The SMILES string of the molecule is CCC(=O)N/N=C(\C)N1C[C@@H](C)[C@H](C(=O)N2CCCC(c3ccc(O)cc3)N(S(C)(=O)=O)CC2)C1. The third kappa shape index (κ3) is 6.72. The number of aromatic hydroxyl groups is 1. The number of hydrazone groups is 1. The summed E-state index contributed by atoms with van der Waals surface area (Å²) in [5.74, 6) is 0.557. The summed E-state index contributed by atoms with van der Waals surface area (Å²) in [6.45, 7) is 7.89. The van der Waals surface area contributed by atoms with Crippen molar-refractivity contribution in [2.24, 2.45) is 16.9 Å². The van der Waals surface area contributed by atoms with Crippen LogP contribution in [0.3, 0.4) is 0 Å². The number of benzene rings is 1. The fourth-order valence-corrected chi connectivity index (χ4v) is 5.94. The quantitative estimate of drug-likeness (QED) is 0.356. The van der Waals surface area contributed by atoms with Crippen LogP contribution in [0.4, 0.5) is 0 Å². The number of sulfonamides is 1. The Morgan fingerprint density at radius 2 is 1.80 bits per heavy atom. The molecule has 194 valence electrons. The molecular weight excluding hydrogens is 470 g/mol. The molecule has 11 heteroatoms. The lowest BCUT2D eigenvalue weighted by Gasteiger charge is -2.36. The highest BCUT2D eigenvalue weighted by Crippen LogP contribution is 2.32. The Bertz CT molecular complexity index is 1040. The molecule has 0 aromatic heterocycles. The lowest BCUT2D eigenvalue weighted by molar-refractivity contribution is -0.136. The van der Waals surface area contributed by atoms with Crippen molar-refractivity contribution in [3.05, 3.63) is 29.8 Å². The molecule has 2 aliphatic rings. The van der Waals surface area contributed by atoms with E-state index in [-0.39, 0.29) is 42.0 Å². The molecule has 2 aliphatic heterocycles. The number of hydrogen-bond donors (Lipinski definition) is 2. The van der Waals surface area contributed by atoms with Crippen molar-refractivity contribution in [2.45, 2.75) is 46.1 Å². The minimum absolute atomic E-state index is 0.0296. The van der Waals surface area contributed by atoms with Crippen molar-refractivity contribution in [3.63, 3.8) is 0 Å². The van der Waals surface area contributed by atoms with Crippen LogP contribution >= 0.6 is 0 Å². The van der Waals surface area contributed by atoms with Gasteiger partial charge >= 0.3 is 0 Å². The topological polar surface area (TPSA) is 123 Å². The summed E-state index contributed by atoms with van der Waals surface area (Å²) in [6, 6.07) is 6.31. The Kier molecular flexibility index (Phi) is 8.76. The standard InChI is InChI=1S/C24H37N5O5S/c1-5-23(31)26-25-18(3)28-15-17(2)21(16-28)24(32)27-12-6-7-22(19-8-10-20(30)11-9-19)29(14-13-27)35(4,33)34/h8-11,17,21-22,30H,5-7,12-16H2,1-4H3,(H,26,31)/b25-18+/t17-,21-,22?/m1/s1. The predicted molar refractivity (Wildman–Crippen MR) is 134 cm³/mol. The second-order valence-corrected chi connectivity index (χ2v) is 11.4. The predicted octanol–water partition coefficient (Wildman–Crippen LogP) is 1.74. The van der Waals surface area contributed by atoms with Crippen molar-refractivity contribution >= 4 is 27.7 Å². The van der Waals surface area contributed by atoms with Gasteiger partial charge in [-0.1, -0.05) is 26.0 Å². The Morgan fingerprint density at radius 3 is 2.43 bits per heavy atom. The molecule has 3 atom stereocenters. The normalized spacial score (nSPS) is 24.7. The number of phenolic OH excluding ortho intramolecular Hbond substituents is 1. The Balaban J connectivity index is 1.70. The molecule has 10 nitrogen and oxygen atoms in total. The van der Waals surface area contributed by atoms with Crippen molar-refractivity contribution in [3.8, 4) is 5.75 Å². The highest BCUT2D eigenvalue weighted by Gasteiger charge is 2.39. The first-order valence-electron chi connectivity index (χ1n) is 12.1. The van der Waals surface area contributed by atoms with Crippen LogP contribution in [0.15, 0.2) is 29.4 Å². The second-order valence-electron chi connectivity index (χ2n) is 9.48. The van der Waals surface area contributed by atoms with Gasteiger partial charge in [-0.05, 0) is 43.4 Å². The van der Waals surface area contributed by atoms with E-state index < -0.39 is 10.0 Å². The van der Waals surface area contributed by atoms with Crippen molar-refractivity contribution in [1.29, 1.82) is 0 Å². The molecule has 0 saturated carbocycles. The van der Waals surface area contributed by atoms with Crippen LogP contribution in [0, 0.1) is 11.8 Å². The number of nitrogens with zero attached hydrogens (tertiary/aromatic N) is 4. The molecule has 0 radical (unpaired) electrons. The summed E-state index contributed by atoms with van der Waals surface area (Å²) in [7, 11) is -3.51. The van der Waals surface area contributed by atoms with Crippen LogP contribution in [0.2, 0.25) is 0 Å². The molecule has 1 unspecified atom stereocenters. The van der Waals surface area contributed by atoms with Gasteiger partial charge < -0.3 is 14.9 Å². The number of likely N-dealkylation sites (tertiary alicyclic amines) is 1. The number of hydrogen-bond acceptors (Lipinski definition) is 6. The maximum Gasteiger partial charge on any atom is 0.239 e. The van der Waals surface area contributed by atoms with E-state index in [1.54, 1.807) is 36.1 Å². The van der Waals surface area contributed by atoms with Gasteiger partial charge in [0.1, 0.15) is 11.6 Å². The van der Waals surface area contributed by atoms with Gasteiger partial charge in [0.05, 0.1) is 12.2 Å². The molecule has 2 amide bonds. The Morgan fingerprint density at radius 1 is 1.11 bits per heavy atom. The molecule has 35 heavy (non-hydrogen) atoms. The Hall–Kier alpha value is -2.66. The fourth-order valence-electron chi connectivity index (χ4n) is 4.83. The number of amides is 2. The maximum atomic E-state index is 13.5. The van der Waals surface area contributed by atoms with Crippen molar-refractivity contribution < 1.29 is 23.1 Å². The molecule has 2 saturated heterocycles.